The van der Waals surface area contributed by atoms with E-state index in [2.05, 4.69) is 149 Å². The molecular weight excluding hydrogens is 1020 g/mol. The van der Waals surface area contributed by atoms with Crippen molar-refractivity contribution in [1.82, 2.24) is 5.32 Å². The molecule has 9 aromatic carbocycles. The van der Waals surface area contributed by atoms with E-state index in [1.165, 1.54) is 50.1 Å². The van der Waals surface area contributed by atoms with Crippen LogP contribution in [0.3, 0.4) is 0 Å². The van der Waals surface area contributed by atoms with Gasteiger partial charge in [-0.15, -0.1) is 0 Å². The average Bonchev–Trinajstić information content (AvgIpc) is 3.72. The molecule has 0 aliphatic rings. The first-order chi connectivity index (χ1) is 40.7. The van der Waals surface area contributed by atoms with Crippen LogP contribution in [0.15, 0.2) is 237 Å². The summed E-state index contributed by atoms with van der Waals surface area (Å²) in [6, 6.07) is 78.6. The lowest BCUT2D eigenvalue weighted by Gasteiger charge is -2.17. The molecule has 7 nitrogen and oxygen atoms in total. The second kappa shape index (κ2) is 33.0. The van der Waals surface area contributed by atoms with Crippen LogP contribution in [0.4, 0.5) is 0 Å². The van der Waals surface area contributed by atoms with E-state index in [1.54, 1.807) is 36.4 Å². The van der Waals surface area contributed by atoms with E-state index in [4.69, 9.17) is 14.2 Å². The van der Waals surface area contributed by atoms with Crippen molar-refractivity contribution in [3.63, 3.8) is 0 Å². The Morgan fingerprint density at radius 3 is 0.819 bits per heavy atom. The number of allylic oxidation sites excluding steroid dienone is 3. The zero-order chi connectivity index (χ0) is 58.6. The molecule has 7 heteroatoms. The van der Waals surface area contributed by atoms with Crippen molar-refractivity contribution >= 4 is 33.4 Å². The molecular formula is C76H81NO6. The van der Waals surface area contributed by atoms with Gasteiger partial charge >= 0.3 is 0 Å². The molecule has 83 heavy (non-hydrogen) atoms. The molecule has 0 fully saturated rings. The number of ether oxygens (including phenoxy) is 3. The molecule has 0 aliphatic carbocycles. The minimum atomic E-state index is 0.272. The summed E-state index contributed by atoms with van der Waals surface area (Å²) >= 11 is 0. The van der Waals surface area contributed by atoms with E-state index in [-0.39, 0.29) is 17.2 Å². The molecule has 0 heterocycles. The molecule has 0 saturated heterocycles. The predicted octanol–water partition coefficient (Wildman–Crippen LogP) is 18.8. The number of benzene rings is 9. The van der Waals surface area contributed by atoms with Crippen LogP contribution in [-0.2, 0) is 0 Å². The monoisotopic (exact) mass is 1100 g/mol. The maximum atomic E-state index is 9.73. The van der Waals surface area contributed by atoms with Gasteiger partial charge in [0.15, 0.2) is 0 Å². The Labute approximate surface area is 493 Å². The quantitative estimate of drug-likeness (QED) is 0.0374. The Morgan fingerprint density at radius 1 is 0.301 bits per heavy atom. The first-order valence-electron chi connectivity index (χ1n) is 29.3. The summed E-state index contributed by atoms with van der Waals surface area (Å²) < 4.78 is 17.3. The Hall–Kier alpha value is -9.04. The standard InChI is InChI=1S/C26H28O2.C25H27NO2.C25H26O2/c1-3-5-19-28-24-17-13-22(14-18-24)26(21-11-15-23(27)16-12-21)25(4-2)20-9-7-6-8-10-20;1-3-24(19-7-5-4-6-8-19)25(20-9-13-22(27)14-10-20)21-11-15-23(16-12-21)28-18-17-26-2;1-3-18-27-23-16-12-21(13-17-23)25(20-10-14-22(26)15-11-20)24(4-2)19-8-6-5-7-9-19/h6-18,27H,3-5,19H2,1-2H3;4-16,26-27H,3,17-18H2,1-2H3;5-17,26H,3-4,18H2,1-2H3/b26-25+;25-24-;. The van der Waals surface area contributed by atoms with Crippen LogP contribution in [-0.4, -0.2) is 48.7 Å². The highest BCUT2D eigenvalue weighted by molar-refractivity contribution is 6.00. The van der Waals surface area contributed by atoms with E-state index in [9.17, 15) is 15.3 Å². The molecule has 0 aliphatic heterocycles. The Morgan fingerprint density at radius 2 is 0.566 bits per heavy atom. The van der Waals surface area contributed by atoms with Gasteiger partial charge in [0.1, 0.15) is 41.1 Å². The summed E-state index contributed by atoms with van der Waals surface area (Å²) in [6.07, 6.45) is 5.91. The summed E-state index contributed by atoms with van der Waals surface area (Å²) in [6.45, 7) is 13.7. The van der Waals surface area contributed by atoms with Gasteiger partial charge in [0.25, 0.3) is 0 Å². The smallest absolute Gasteiger partial charge is 0.119 e. The maximum absolute atomic E-state index is 9.73. The summed E-state index contributed by atoms with van der Waals surface area (Å²) in [5.74, 6) is 3.49. The van der Waals surface area contributed by atoms with Gasteiger partial charge < -0.3 is 34.8 Å². The van der Waals surface area contributed by atoms with E-state index >= 15 is 0 Å². The molecule has 0 amide bonds. The second-order valence-corrected chi connectivity index (χ2v) is 19.9. The van der Waals surface area contributed by atoms with Crippen molar-refractivity contribution in [2.24, 2.45) is 0 Å². The van der Waals surface area contributed by atoms with Crippen molar-refractivity contribution < 1.29 is 29.5 Å². The average molecular weight is 1100 g/mol. The molecule has 0 spiro atoms. The molecule has 0 saturated carbocycles. The van der Waals surface area contributed by atoms with Crippen LogP contribution in [0.2, 0.25) is 0 Å². The van der Waals surface area contributed by atoms with Crippen molar-refractivity contribution in [1.29, 1.82) is 0 Å². The van der Waals surface area contributed by atoms with Crippen molar-refractivity contribution in [2.75, 3.05) is 33.4 Å². The van der Waals surface area contributed by atoms with Gasteiger partial charge in [0.2, 0.25) is 0 Å². The van der Waals surface area contributed by atoms with Crippen molar-refractivity contribution in [2.45, 2.75) is 73.1 Å². The van der Waals surface area contributed by atoms with Gasteiger partial charge in [-0.05, 0) is 195 Å². The van der Waals surface area contributed by atoms with E-state index in [0.717, 1.165) is 109 Å². The highest BCUT2D eigenvalue weighted by atomic mass is 16.5. The zero-order valence-corrected chi connectivity index (χ0v) is 49.2. The minimum absolute atomic E-state index is 0.272. The summed E-state index contributed by atoms with van der Waals surface area (Å²) in [7, 11) is 1.91. The lowest BCUT2D eigenvalue weighted by atomic mass is 9.88. The molecule has 9 aromatic rings. The Bertz CT molecular complexity index is 3250. The van der Waals surface area contributed by atoms with Crippen LogP contribution in [0.25, 0.3) is 33.4 Å². The van der Waals surface area contributed by atoms with Gasteiger partial charge in [-0.1, -0.05) is 205 Å². The normalized spacial score (nSPS) is 11.8. The number of unbranched alkanes of at least 4 members (excludes halogenated alkanes) is 1. The van der Waals surface area contributed by atoms with Crippen molar-refractivity contribution in [3.8, 4) is 34.5 Å². The third kappa shape index (κ3) is 18.0. The Kier molecular flexibility index (Phi) is 24.5. The first kappa shape index (κ1) is 61.6. The fourth-order valence-corrected chi connectivity index (χ4v) is 9.90. The van der Waals surface area contributed by atoms with Gasteiger partial charge in [-0.2, -0.15) is 0 Å². The number of nitrogens with one attached hydrogen (secondary N) is 1. The molecule has 4 N–H and O–H groups in total. The number of phenolic OH excluding ortho intramolecular Hbond substituents is 3. The summed E-state index contributed by atoms with van der Waals surface area (Å²) in [4.78, 5) is 0. The fourth-order valence-electron chi connectivity index (χ4n) is 9.90. The molecule has 426 valence electrons. The molecule has 0 bridgehead atoms. The zero-order valence-electron chi connectivity index (χ0n) is 49.2. The lowest BCUT2D eigenvalue weighted by Crippen LogP contribution is -2.15. The molecule has 0 radical (unpaired) electrons. The van der Waals surface area contributed by atoms with Crippen LogP contribution < -0.4 is 19.5 Å². The number of hydrogen-bond donors (Lipinski definition) is 4. The second-order valence-electron chi connectivity index (χ2n) is 19.9. The van der Waals surface area contributed by atoms with Crippen LogP contribution in [0.5, 0.6) is 34.5 Å². The Balaban J connectivity index is 0.000000179. The van der Waals surface area contributed by atoms with Gasteiger partial charge in [0.05, 0.1) is 13.2 Å². The number of phenols is 3. The largest absolute Gasteiger partial charge is 0.508 e. The van der Waals surface area contributed by atoms with Crippen LogP contribution >= 0.6 is 0 Å². The molecule has 0 aromatic heterocycles. The predicted molar refractivity (Wildman–Crippen MR) is 347 cm³/mol. The molecule has 0 atom stereocenters. The lowest BCUT2D eigenvalue weighted by molar-refractivity contribution is 0.309. The van der Waals surface area contributed by atoms with E-state index in [1.807, 2.05) is 98.0 Å². The van der Waals surface area contributed by atoms with Gasteiger partial charge in [-0.3, -0.25) is 0 Å². The maximum Gasteiger partial charge on any atom is 0.119 e. The van der Waals surface area contributed by atoms with Crippen molar-refractivity contribution in [3.05, 3.63) is 287 Å². The van der Waals surface area contributed by atoms with Crippen LogP contribution in [0.1, 0.15) is 123 Å². The summed E-state index contributed by atoms with van der Waals surface area (Å²) in [5, 5.41) is 32.2. The van der Waals surface area contributed by atoms with Gasteiger partial charge in [-0.25, -0.2) is 0 Å². The third-order valence-corrected chi connectivity index (χ3v) is 14.1. The summed E-state index contributed by atoms with van der Waals surface area (Å²) in [5.41, 5.74) is 17.7. The fraction of sp³-hybridized carbons (Fsp3) is 0.211. The number of likely N-dealkylation sites (N-methyl/N-ethyl adjacent to an activating group) is 1. The minimum Gasteiger partial charge on any atom is -0.508 e. The topological polar surface area (TPSA) is 100 Å². The first-order valence-corrected chi connectivity index (χ1v) is 29.3. The van der Waals surface area contributed by atoms with Gasteiger partial charge in [0, 0.05) is 6.54 Å². The number of aromatic hydroxyl groups is 3. The SMILES string of the molecule is CC/C(=C(\c1ccc(O)cc1)c1ccc(OCCNC)cc1)c1ccccc1.CCCCOc1ccc(/C(=C(\CC)c2ccccc2)c2ccc(O)cc2)cc1.CCCOc1ccc(C(=C(CC)c2ccccc2)c2ccc(O)cc2)cc1. The third-order valence-electron chi connectivity index (χ3n) is 14.1. The molecule has 9 rings (SSSR count). The van der Waals surface area contributed by atoms with E-state index in [0.29, 0.717) is 6.61 Å². The molecule has 0 unspecified atom stereocenters. The van der Waals surface area contributed by atoms with Crippen LogP contribution in [0, 0.1) is 0 Å². The number of hydrogen-bond acceptors (Lipinski definition) is 7. The number of rotatable bonds is 23. The highest BCUT2D eigenvalue weighted by Crippen LogP contribution is 2.39. The highest BCUT2D eigenvalue weighted by Gasteiger charge is 2.17. The van der Waals surface area contributed by atoms with E-state index < -0.39 is 0 Å².